The molecule has 104 valence electrons. The summed E-state index contributed by atoms with van der Waals surface area (Å²) in [6, 6.07) is -1.08. The van der Waals surface area contributed by atoms with Crippen molar-refractivity contribution in [1.29, 1.82) is 0 Å². The summed E-state index contributed by atoms with van der Waals surface area (Å²) in [5, 5.41) is 9.07. The van der Waals surface area contributed by atoms with Gasteiger partial charge in [0.05, 0.1) is 18.1 Å². The Morgan fingerprint density at radius 3 is 2.26 bits per heavy atom. The molecule has 0 bridgehead atoms. The maximum absolute atomic E-state index is 12.1. The van der Waals surface area contributed by atoms with Crippen molar-refractivity contribution in [2.45, 2.75) is 39.3 Å². The molecule has 1 N–H and O–H groups in total. The number of aromatic nitrogens is 2. The lowest BCUT2D eigenvalue weighted by Gasteiger charge is -2.29. The molecule has 1 atom stereocenters. The van der Waals surface area contributed by atoms with Crippen LogP contribution in [0.4, 0.5) is 10.5 Å². The molecule has 1 aromatic rings. The number of hydrogen-bond donors (Lipinski definition) is 1. The van der Waals surface area contributed by atoms with Gasteiger partial charge in [0, 0.05) is 0 Å². The van der Waals surface area contributed by atoms with Crippen LogP contribution in [0.5, 0.6) is 0 Å². The number of nitrogens with zero attached hydrogens (tertiary/aromatic N) is 3. The van der Waals surface area contributed by atoms with Crippen LogP contribution < -0.4 is 4.90 Å². The predicted molar refractivity (Wildman–Crippen MR) is 67.8 cm³/mol. The summed E-state index contributed by atoms with van der Waals surface area (Å²) in [6.07, 6.45) is 3.26. The monoisotopic (exact) mass is 267 g/mol. The van der Waals surface area contributed by atoms with E-state index in [9.17, 15) is 9.59 Å². The Morgan fingerprint density at radius 1 is 1.32 bits per heavy atom. The number of carbonyl (C=O) groups is 2. The number of anilines is 1. The molecular formula is C12H17N3O4. The summed E-state index contributed by atoms with van der Waals surface area (Å²) < 4.78 is 5.19. The first kappa shape index (κ1) is 14.9. The van der Waals surface area contributed by atoms with Gasteiger partial charge in [0.25, 0.3) is 0 Å². The van der Waals surface area contributed by atoms with Gasteiger partial charge in [-0.1, -0.05) is 0 Å². The van der Waals surface area contributed by atoms with E-state index in [1.807, 2.05) is 0 Å². The minimum absolute atomic E-state index is 0.270. The van der Waals surface area contributed by atoms with Crippen LogP contribution >= 0.6 is 0 Å². The maximum atomic E-state index is 12.1. The lowest BCUT2D eigenvalue weighted by molar-refractivity contribution is -0.138. The molecule has 0 saturated heterocycles. The van der Waals surface area contributed by atoms with Crippen LogP contribution in [0.15, 0.2) is 18.7 Å². The smallest absolute Gasteiger partial charge is 0.415 e. The van der Waals surface area contributed by atoms with E-state index in [2.05, 4.69) is 9.97 Å². The molecule has 0 fully saturated rings. The molecule has 0 aliphatic rings. The molecule has 0 radical (unpaired) electrons. The first-order valence-corrected chi connectivity index (χ1v) is 5.72. The van der Waals surface area contributed by atoms with Gasteiger partial charge in [0.1, 0.15) is 18.0 Å². The third-order valence-electron chi connectivity index (χ3n) is 2.16. The number of carboxylic acid groups (broad SMARTS) is 1. The molecule has 0 saturated carbocycles. The van der Waals surface area contributed by atoms with Crippen molar-refractivity contribution in [3.8, 4) is 0 Å². The molecule has 1 unspecified atom stereocenters. The average Bonchev–Trinajstić information content (AvgIpc) is 2.28. The first-order chi connectivity index (χ1) is 8.72. The van der Waals surface area contributed by atoms with Gasteiger partial charge >= 0.3 is 12.1 Å². The van der Waals surface area contributed by atoms with E-state index in [1.165, 1.54) is 25.6 Å². The summed E-state index contributed by atoms with van der Waals surface area (Å²) in [5.41, 5.74) is -0.449. The highest BCUT2D eigenvalue weighted by Crippen LogP contribution is 2.19. The molecule has 1 heterocycles. The van der Waals surface area contributed by atoms with Gasteiger partial charge in [0.15, 0.2) is 0 Å². The van der Waals surface area contributed by atoms with Crippen LogP contribution in [0.2, 0.25) is 0 Å². The molecule has 19 heavy (non-hydrogen) atoms. The maximum Gasteiger partial charge on any atom is 0.415 e. The van der Waals surface area contributed by atoms with Gasteiger partial charge in [-0.25, -0.2) is 19.6 Å². The number of aliphatic carboxylic acids is 1. The topological polar surface area (TPSA) is 92.6 Å². The molecular weight excluding hydrogens is 250 g/mol. The second kappa shape index (κ2) is 5.64. The third-order valence-corrected chi connectivity index (χ3v) is 2.16. The molecule has 0 aromatic carbocycles. The van der Waals surface area contributed by atoms with Crippen LogP contribution in [0, 0.1) is 0 Å². The van der Waals surface area contributed by atoms with Crippen molar-refractivity contribution < 1.29 is 19.4 Å². The van der Waals surface area contributed by atoms with Crippen molar-refractivity contribution >= 4 is 17.7 Å². The van der Waals surface area contributed by atoms with Crippen LogP contribution in [-0.2, 0) is 9.53 Å². The van der Waals surface area contributed by atoms with Gasteiger partial charge < -0.3 is 9.84 Å². The van der Waals surface area contributed by atoms with Crippen LogP contribution in [0.1, 0.15) is 27.7 Å². The Hall–Kier alpha value is -2.18. The van der Waals surface area contributed by atoms with Crippen molar-refractivity contribution in [3.63, 3.8) is 0 Å². The highest BCUT2D eigenvalue weighted by atomic mass is 16.6. The Labute approximate surface area is 111 Å². The van der Waals surface area contributed by atoms with E-state index >= 15 is 0 Å². The van der Waals surface area contributed by atoms with E-state index in [1.54, 1.807) is 20.8 Å². The molecule has 0 aliphatic heterocycles. The largest absolute Gasteiger partial charge is 0.480 e. The van der Waals surface area contributed by atoms with E-state index in [4.69, 9.17) is 9.84 Å². The quantitative estimate of drug-likeness (QED) is 0.895. The second-order valence-corrected chi connectivity index (χ2v) is 4.96. The molecule has 1 aromatic heterocycles. The van der Waals surface area contributed by atoms with E-state index < -0.39 is 23.7 Å². The fourth-order valence-electron chi connectivity index (χ4n) is 1.32. The fourth-order valence-corrected chi connectivity index (χ4v) is 1.32. The summed E-state index contributed by atoms with van der Waals surface area (Å²) in [6.45, 7) is 6.50. The van der Waals surface area contributed by atoms with E-state index in [0.717, 1.165) is 4.90 Å². The molecule has 7 heteroatoms. The molecule has 0 aliphatic carbocycles. The molecule has 1 amide bonds. The summed E-state index contributed by atoms with van der Waals surface area (Å²) in [7, 11) is 0. The normalized spacial score (nSPS) is 12.6. The minimum atomic E-state index is -1.14. The van der Waals surface area contributed by atoms with Gasteiger partial charge in [-0.15, -0.1) is 0 Å². The van der Waals surface area contributed by atoms with Crippen molar-refractivity contribution in [1.82, 2.24) is 9.97 Å². The molecule has 7 nitrogen and oxygen atoms in total. The highest BCUT2D eigenvalue weighted by molar-refractivity contribution is 5.94. The number of rotatable bonds is 3. The SMILES string of the molecule is CC(C(=O)O)N(C(=O)OC(C)(C)C)c1cncnc1. The lowest BCUT2D eigenvalue weighted by atomic mass is 10.2. The highest BCUT2D eigenvalue weighted by Gasteiger charge is 2.31. The van der Waals surface area contributed by atoms with Gasteiger partial charge in [-0.2, -0.15) is 0 Å². The van der Waals surface area contributed by atoms with Crippen molar-refractivity contribution in [2.24, 2.45) is 0 Å². The van der Waals surface area contributed by atoms with E-state index in [0.29, 0.717) is 0 Å². The Kier molecular flexibility index (Phi) is 4.42. The Balaban J connectivity index is 3.07. The van der Waals surface area contributed by atoms with Crippen molar-refractivity contribution in [2.75, 3.05) is 4.90 Å². The van der Waals surface area contributed by atoms with Gasteiger partial charge in [-0.05, 0) is 27.7 Å². The third kappa shape index (κ3) is 4.20. The average molecular weight is 267 g/mol. The number of carboxylic acids is 1. The van der Waals surface area contributed by atoms with Gasteiger partial charge in [-0.3, -0.25) is 4.90 Å². The number of amides is 1. The first-order valence-electron chi connectivity index (χ1n) is 5.72. The number of carbonyl (C=O) groups excluding carboxylic acids is 1. The van der Waals surface area contributed by atoms with Crippen LogP contribution in [0.25, 0.3) is 0 Å². The van der Waals surface area contributed by atoms with E-state index in [-0.39, 0.29) is 5.69 Å². The van der Waals surface area contributed by atoms with Gasteiger partial charge in [0.2, 0.25) is 0 Å². The summed E-state index contributed by atoms with van der Waals surface area (Å²) >= 11 is 0. The van der Waals surface area contributed by atoms with Crippen molar-refractivity contribution in [3.05, 3.63) is 18.7 Å². The standard InChI is InChI=1S/C12H17N3O4/c1-8(10(16)17)15(9-5-13-7-14-6-9)11(18)19-12(2,3)4/h5-8H,1-4H3,(H,16,17). The Morgan fingerprint density at radius 2 is 1.84 bits per heavy atom. The lowest BCUT2D eigenvalue weighted by Crippen LogP contribution is -2.46. The zero-order valence-electron chi connectivity index (χ0n) is 11.3. The summed E-state index contributed by atoms with van der Waals surface area (Å²) in [4.78, 5) is 31.7. The summed E-state index contributed by atoms with van der Waals surface area (Å²) in [5.74, 6) is -1.14. The Bertz CT molecular complexity index is 456. The molecule has 1 rings (SSSR count). The second-order valence-electron chi connectivity index (χ2n) is 4.96. The van der Waals surface area contributed by atoms with Crippen LogP contribution in [-0.4, -0.2) is 38.8 Å². The number of ether oxygens (including phenoxy) is 1. The van der Waals surface area contributed by atoms with Crippen LogP contribution in [0.3, 0.4) is 0 Å². The zero-order chi connectivity index (χ0) is 14.6. The molecule has 0 spiro atoms. The zero-order valence-corrected chi connectivity index (χ0v) is 11.3. The fraction of sp³-hybridized carbons (Fsp3) is 0.500. The number of hydrogen-bond acceptors (Lipinski definition) is 5. The minimum Gasteiger partial charge on any atom is -0.480 e. The predicted octanol–water partition coefficient (Wildman–Crippen LogP) is 1.69.